The normalized spacial score (nSPS) is 21.3. The van der Waals surface area contributed by atoms with Crippen LogP contribution in [0, 0.1) is 0 Å². The van der Waals surface area contributed by atoms with Gasteiger partial charge in [0, 0.05) is 12.6 Å². The zero-order valence-corrected chi connectivity index (χ0v) is 15.7. The predicted molar refractivity (Wildman–Crippen MR) is 98.0 cm³/mol. The van der Waals surface area contributed by atoms with Crippen LogP contribution >= 0.6 is 0 Å². The van der Waals surface area contributed by atoms with E-state index in [1.165, 1.54) is 24.0 Å². The maximum absolute atomic E-state index is 12.6. The first-order chi connectivity index (χ1) is 13.1. The smallest absolute Gasteiger partial charge is 0.329 e. The molecular weight excluding hydrogens is 348 g/mol. The molecule has 1 N–H and O–H groups in total. The fourth-order valence-corrected chi connectivity index (χ4v) is 3.89. The minimum Gasteiger partial charge on any atom is -0.459 e. The lowest BCUT2D eigenvalue weighted by Crippen LogP contribution is -2.49. The Morgan fingerprint density at radius 3 is 2.52 bits per heavy atom. The molecule has 1 aromatic heterocycles. The first-order valence-corrected chi connectivity index (χ1v) is 9.95. The van der Waals surface area contributed by atoms with Gasteiger partial charge < -0.3 is 19.4 Å². The highest BCUT2D eigenvalue weighted by Crippen LogP contribution is 2.21. The van der Waals surface area contributed by atoms with E-state index < -0.39 is 12.0 Å². The van der Waals surface area contributed by atoms with Crippen LogP contribution in [-0.4, -0.2) is 47.9 Å². The number of nitrogens with one attached hydrogen (secondary N) is 1. The molecule has 148 valence electrons. The van der Waals surface area contributed by atoms with Crippen molar-refractivity contribution in [2.45, 2.75) is 69.9 Å². The van der Waals surface area contributed by atoms with Gasteiger partial charge in [-0.15, -0.1) is 0 Å². The predicted octanol–water partition coefficient (Wildman–Crippen LogP) is 2.66. The highest BCUT2D eigenvalue weighted by molar-refractivity contribution is 5.95. The summed E-state index contributed by atoms with van der Waals surface area (Å²) >= 11 is 0. The summed E-state index contributed by atoms with van der Waals surface area (Å²) in [5.41, 5.74) is 0. The Labute approximate surface area is 159 Å². The molecule has 2 aliphatic rings. The molecule has 27 heavy (non-hydrogen) atoms. The molecule has 1 aliphatic carbocycles. The molecular formula is C20H28N2O5. The fraction of sp³-hybridized carbons (Fsp3) is 0.650. The molecule has 1 saturated heterocycles. The number of carbonyl (C=O) groups is 3. The van der Waals surface area contributed by atoms with Crippen molar-refractivity contribution in [2.24, 2.45) is 0 Å². The van der Waals surface area contributed by atoms with Crippen molar-refractivity contribution >= 4 is 17.8 Å². The second-order valence-corrected chi connectivity index (χ2v) is 7.35. The minimum atomic E-state index is -0.665. The van der Waals surface area contributed by atoms with Crippen molar-refractivity contribution in [1.29, 1.82) is 0 Å². The Balaban J connectivity index is 1.50. The van der Waals surface area contributed by atoms with Gasteiger partial charge in [0.2, 0.25) is 0 Å². The maximum atomic E-state index is 12.6. The van der Waals surface area contributed by atoms with Crippen molar-refractivity contribution in [3.63, 3.8) is 0 Å². The van der Waals surface area contributed by atoms with Gasteiger partial charge in [0.25, 0.3) is 11.8 Å². The molecule has 0 radical (unpaired) electrons. The van der Waals surface area contributed by atoms with Crippen LogP contribution in [0.1, 0.15) is 68.3 Å². The Kier molecular flexibility index (Phi) is 6.90. The molecule has 7 nitrogen and oxygen atoms in total. The second-order valence-electron chi connectivity index (χ2n) is 7.35. The topological polar surface area (TPSA) is 88.9 Å². The molecule has 1 atom stereocenters. The lowest BCUT2D eigenvalue weighted by atomic mass is 10.0. The van der Waals surface area contributed by atoms with Crippen LogP contribution < -0.4 is 5.32 Å². The summed E-state index contributed by atoms with van der Waals surface area (Å²) in [5, 5.41) is 2.96. The van der Waals surface area contributed by atoms with Crippen molar-refractivity contribution in [3.05, 3.63) is 24.2 Å². The standard InChI is InChI=1S/C20H28N2O5/c23-18(21-15-8-3-1-2-4-9-15)14-27-20(25)16-10-5-6-12-22(16)19(24)17-11-7-13-26-17/h7,11,13,15-16H,1-6,8-10,12,14H2,(H,21,23)/t16-/m1/s1. The summed E-state index contributed by atoms with van der Waals surface area (Å²) in [6.45, 7) is 0.183. The van der Waals surface area contributed by atoms with Crippen LogP contribution in [0.25, 0.3) is 0 Å². The number of likely N-dealkylation sites (tertiary alicyclic amines) is 1. The highest BCUT2D eigenvalue weighted by Gasteiger charge is 2.35. The number of hydrogen-bond donors (Lipinski definition) is 1. The summed E-state index contributed by atoms with van der Waals surface area (Å²) in [7, 11) is 0. The van der Waals surface area contributed by atoms with Gasteiger partial charge in [-0.2, -0.15) is 0 Å². The zero-order valence-electron chi connectivity index (χ0n) is 15.7. The van der Waals surface area contributed by atoms with Crippen molar-refractivity contribution in [2.75, 3.05) is 13.2 Å². The molecule has 2 heterocycles. The average Bonchev–Trinajstić information content (AvgIpc) is 3.11. The van der Waals surface area contributed by atoms with Crippen LogP contribution in [-0.2, 0) is 14.3 Å². The number of nitrogens with zero attached hydrogens (tertiary/aromatic N) is 1. The number of piperidine rings is 1. The molecule has 3 rings (SSSR count). The van der Waals surface area contributed by atoms with E-state index in [9.17, 15) is 14.4 Å². The molecule has 1 aromatic rings. The van der Waals surface area contributed by atoms with E-state index in [1.807, 2.05) is 0 Å². The molecule has 7 heteroatoms. The fourth-order valence-electron chi connectivity index (χ4n) is 3.89. The molecule has 1 saturated carbocycles. The third-order valence-electron chi connectivity index (χ3n) is 5.33. The van der Waals surface area contributed by atoms with E-state index in [0.717, 1.165) is 38.5 Å². The quantitative estimate of drug-likeness (QED) is 0.630. The Hall–Kier alpha value is -2.31. The summed E-state index contributed by atoms with van der Waals surface area (Å²) in [6.07, 6.45) is 10.3. The molecule has 0 unspecified atom stereocenters. The molecule has 2 fully saturated rings. The van der Waals surface area contributed by atoms with E-state index in [2.05, 4.69) is 5.32 Å². The van der Waals surface area contributed by atoms with E-state index in [0.29, 0.717) is 13.0 Å². The van der Waals surface area contributed by atoms with Crippen molar-refractivity contribution in [3.8, 4) is 0 Å². The van der Waals surface area contributed by atoms with Crippen molar-refractivity contribution < 1.29 is 23.5 Å². The van der Waals surface area contributed by atoms with E-state index in [-0.39, 0.29) is 30.2 Å². The van der Waals surface area contributed by atoms with Crippen LogP contribution in [0.5, 0.6) is 0 Å². The van der Waals surface area contributed by atoms with Gasteiger partial charge in [0.1, 0.15) is 6.04 Å². The van der Waals surface area contributed by atoms with Gasteiger partial charge in [0.15, 0.2) is 12.4 Å². The Bertz CT molecular complexity index is 635. The molecule has 0 spiro atoms. The zero-order chi connectivity index (χ0) is 19.1. The molecule has 1 aliphatic heterocycles. The van der Waals surface area contributed by atoms with Gasteiger partial charge in [-0.1, -0.05) is 25.7 Å². The maximum Gasteiger partial charge on any atom is 0.329 e. The number of furan rings is 1. The number of rotatable bonds is 5. The Morgan fingerprint density at radius 2 is 1.81 bits per heavy atom. The van der Waals surface area contributed by atoms with E-state index >= 15 is 0 Å². The van der Waals surface area contributed by atoms with Crippen LogP contribution in [0.3, 0.4) is 0 Å². The highest BCUT2D eigenvalue weighted by atomic mass is 16.5. The van der Waals surface area contributed by atoms with Gasteiger partial charge in [-0.05, 0) is 44.2 Å². The third kappa shape index (κ3) is 5.34. The third-order valence-corrected chi connectivity index (χ3v) is 5.33. The van der Waals surface area contributed by atoms with Crippen molar-refractivity contribution in [1.82, 2.24) is 10.2 Å². The van der Waals surface area contributed by atoms with Crippen LogP contribution in [0.15, 0.2) is 22.8 Å². The Morgan fingerprint density at radius 1 is 1.07 bits per heavy atom. The van der Waals surface area contributed by atoms with Crippen LogP contribution in [0.4, 0.5) is 0 Å². The number of hydrogen-bond acceptors (Lipinski definition) is 5. The average molecular weight is 376 g/mol. The summed E-state index contributed by atoms with van der Waals surface area (Å²) in [5.74, 6) is -0.897. The summed E-state index contributed by atoms with van der Waals surface area (Å²) in [4.78, 5) is 38.7. The number of carbonyl (C=O) groups excluding carboxylic acids is 3. The number of ether oxygens (including phenoxy) is 1. The first-order valence-electron chi connectivity index (χ1n) is 9.95. The van der Waals surface area contributed by atoms with Crippen LogP contribution in [0.2, 0.25) is 0 Å². The summed E-state index contributed by atoms with van der Waals surface area (Å²) < 4.78 is 10.4. The molecule has 0 bridgehead atoms. The first kappa shape index (κ1) is 19.5. The van der Waals surface area contributed by atoms with E-state index in [4.69, 9.17) is 9.15 Å². The lowest BCUT2D eigenvalue weighted by Gasteiger charge is -2.33. The van der Waals surface area contributed by atoms with Gasteiger partial charge in [-0.3, -0.25) is 9.59 Å². The largest absolute Gasteiger partial charge is 0.459 e. The van der Waals surface area contributed by atoms with Gasteiger partial charge in [0.05, 0.1) is 6.26 Å². The van der Waals surface area contributed by atoms with Gasteiger partial charge in [-0.25, -0.2) is 4.79 Å². The molecule has 2 amide bonds. The molecule has 0 aromatic carbocycles. The lowest BCUT2D eigenvalue weighted by molar-refractivity contribution is -0.154. The number of esters is 1. The SMILES string of the molecule is O=C(COC(=O)[C@H]1CCCCN1C(=O)c1ccco1)NC1CCCCCC1. The van der Waals surface area contributed by atoms with E-state index in [1.54, 1.807) is 12.1 Å². The minimum absolute atomic E-state index is 0.172. The number of amides is 2. The summed E-state index contributed by atoms with van der Waals surface area (Å²) in [6, 6.07) is 2.73. The monoisotopic (exact) mass is 376 g/mol. The van der Waals surface area contributed by atoms with Gasteiger partial charge >= 0.3 is 5.97 Å². The second kappa shape index (κ2) is 9.58.